The van der Waals surface area contributed by atoms with E-state index in [4.69, 9.17) is 5.26 Å². The number of hydrogen-bond acceptors (Lipinski definition) is 4. The highest BCUT2D eigenvalue weighted by Crippen LogP contribution is 2.27. The van der Waals surface area contributed by atoms with Gasteiger partial charge >= 0.3 is 0 Å². The first-order valence-corrected chi connectivity index (χ1v) is 8.12. The molecule has 1 amide bonds. The van der Waals surface area contributed by atoms with E-state index in [1.54, 1.807) is 30.5 Å². The summed E-state index contributed by atoms with van der Waals surface area (Å²) < 4.78 is 13.2. The molecule has 0 aliphatic heterocycles. The van der Waals surface area contributed by atoms with Crippen LogP contribution in [0.2, 0.25) is 0 Å². The molecule has 132 valence electrons. The second kappa shape index (κ2) is 8.02. The Morgan fingerprint density at radius 3 is 2.52 bits per heavy atom. The topological polar surface area (TPSA) is 78.7 Å². The first-order valence-electron chi connectivity index (χ1n) is 8.12. The van der Waals surface area contributed by atoms with E-state index in [0.29, 0.717) is 17.0 Å². The molecule has 0 spiro atoms. The fourth-order valence-electron chi connectivity index (χ4n) is 2.52. The molecular formula is C21H15FN4O. The SMILES string of the molecule is C=CC(=O)NCc1cnc(-c2ccc(F)cc2)cc1-c1ccc(C#N)cn1. The van der Waals surface area contributed by atoms with Gasteiger partial charge in [0.1, 0.15) is 11.9 Å². The number of aromatic nitrogens is 2. The van der Waals surface area contributed by atoms with E-state index in [1.165, 1.54) is 24.4 Å². The summed E-state index contributed by atoms with van der Waals surface area (Å²) in [5.74, 6) is -0.618. The molecule has 6 heteroatoms. The molecule has 0 fully saturated rings. The lowest BCUT2D eigenvalue weighted by molar-refractivity contribution is -0.116. The van der Waals surface area contributed by atoms with Crippen LogP contribution in [0.15, 0.2) is 67.5 Å². The van der Waals surface area contributed by atoms with Gasteiger partial charge in [0.2, 0.25) is 5.91 Å². The standard InChI is InChI=1S/C21H15FN4O/c1-2-21(27)26-13-16-12-25-20(15-4-6-17(22)7-5-15)9-18(16)19-8-3-14(10-23)11-24-19/h2-9,11-12H,1,13H2,(H,26,27). The van der Waals surface area contributed by atoms with Gasteiger partial charge in [-0.3, -0.25) is 14.8 Å². The number of hydrogen-bond donors (Lipinski definition) is 1. The van der Waals surface area contributed by atoms with E-state index in [9.17, 15) is 9.18 Å². The number of carbonyl (C=O) groups is 1. The van der Waals surface area contributed by atoms with Crippen molar-refractivity contribution in [1.29, 1.82) is 5.26 Å². The van der Waals surface area contributed by atoms with Gasteiger partial charge in [-0.1, -0.05) is 6.58 Å². The number of rotatable bonds is 5. The van der Waals surface area contributed by atoms with Crippen LogP contribution in [0.5, 0.6) is 0 Å². The van der Waals surface area contributed by atoms with Crippen LogP contribution in [0.1, 0.15) is 11.1 Å². The third-order valence-electron chi connectivity index (χ3n) is 3.93. The second-order valence-corrected chi connectivity index (χ2v) is 5.70. The average molecular weight is 358 g/mol. The number of carbonyl (C=O) groups excluding carboxylic acids is 1. The summed E-state index contributed by atoms with van der Waals surface area (Å²) in [6.45, 7) is 3.68. The molecule has 0 atom stereocenters. The number of pyridine rings is 2. The Bertz CT molecular complexity index is 1020. The summed E-state index contributed by atoms with van der Waals surface area (Å²) >= 11 is 0. The molecule has 0 aliphatic rings. The van der Waals surface area contributed by atoms with Crippen LogP contribution in [0.25, 0.3) is 22.5 Å². The number of halogens is 1. The number of amides is 1. The highest BCUT2D eigenvalue weighted by molar-refractivity contribution is 5.87. The van der Waals surface area contributed by atoms with Crippen LogP contribution in [0, 0.1) is 17.1 Å². The average Bonchev–Trinajstić information content (AvgIpc) is 2.72. The van der Waals surface area contributed by atoms with Crippen molar-refractivity contribution in [2.24, 2.45) is 0 Å². The van der Waals surface area contributed by atoms with E-state index in [-0.39, 0.29) is 18.3 Å². The summed E-state index contributed by atoms with van der Waals surface area (Å²) in [6.07, 6.45) is 4.33. The molecule has 3 aromatic rings. The molecule has 0 bridgehead atoms. The monoisotopic (exact) mass is 358 g/mol. The highest BCUT2D eigenvalue weighted by atomic mass is 19.1. The number of nitrogens with zero attached hydrogens (tertiary/aromatic N) is 3. The molecule has 27 heavy (non-hydrogen) atoms. The Balaban J connectivity index is 2.04. The lowest BCUT2D eigenvalue weighted by atomic mass is 10.0. The van der Waals surface area contributed by atoms with Gasteiger partial charge in [0.15, 0.2) is 0 Å². The van der Waals surface area contributed by atoms with Crippen LogP contribution >= 0.6 is 0 Å². The van der Waals surface area contributed by atoms with Crippen LogP contribution in [0.3, 0.4) is 0 Å². The molecule has 3 rings (SSSR count). The van der Waals surface area contributed by atoms with E-state index < -0.39 is 0 Å². The van der Waals surface area contributed by atoms with E-state index in [1.807, 2.05) is 12.1 Å². The molecule has 0 aliphatic carbocycles. The smallest absolute Gasteiger partial charge is 0.243 e. The van der Waals surface area contributed by atoms with Gasteiger partial charge in [-0.25, -0.2) is 4.39 Å². The Morgan fingerprint density at radius 2 is 1.89 bits per heavy atom. The van der Waals surface area contributed by atoms with Crippen molar-refractivity contribution in [3.05, 3.63) is 84.5 Å². The molecular weight excluding hydrogens is 343 g/mol. The minimum atomic E-state index is -0.323. The van der Waals surface area contributed by atoms with Crippen molar-refractivity contribution < 1.29 is 9.18 Å². The summed E-state index contributed by atoms with van der Waals surface area (Å²) in [7, 11) is 0. The normalized spacial score (nSPS) is 10.1. The van der Waals surface area contributed by atoms with Crippen molar-refractivity contribution in [3.63, 3.8) is 0 Å². The first kappa shape index (κ1) is 18.0. The summed E-state index contributed by atoms with van der Waals surface area (Å²) in [5, 5.41) is 11.7. The zero-order valence-electron chi connectivity index (χ0n) is 14.3. The third-order valence-corrected chi connectivity index (χ3v) is 3.93. The fourth-order valence-corrected chi connectivity index (χ4v) is 2.52. The molecule has 1 aromatic carbocycles. The maximum Gasteiger partial charge on any atom is 0.243 e. The van der Waals surface area contributed by atoms with Gasteiger partial charge in [0.25, 0.3) is 0 Å². The molecule has 0 radical (unpaired) electrons. The Labute approximate surface area is 155 Å². The minimum absolute atomic E-state index is 0.249. The van der Waals surface area contributed by atoms with Crippen LogP contribution in [-0.4, -0.2) is 15.9 Å². The fraction of sp³-hybridized carbons (Fsp3) is 0.0476. The number of nitrogens with one attached hydrogen (secondary N) is 1. The lowest BCUT2D eigenvalue weighted by Gasteiger charge is -2.12. The lowest BCUT2D eigenvalue weighted by Crippen LogP contribution is -2.20. The molecule has 0 saturated carbocycles. The molecule has 2 aromatic heterocycles. The second-order valence-electron chi connectivity index (χ2n) is 5.70. The van der Waals surface area contributed by atoms with Crippen molar-refractivity contribution >= 4 is 5.91 Å². The van der Waals surface area contributed by atoms with Crippen molar-refractivity contribution in [1.82, 2.24) is 15.3 Å². The van der Waals surface area contributed by atoms with Crippen molar-refractivity contribution in [2.75, 3.05) is 0 Å². The predicted octanol–water partition coefficient (Wildman–Crippen LogP) is 3.62. The van der Waals surface area contributed by atoms with Crippen molar-refractivity contribution in [2.45, 2.75) is 6.54 Å². The Morgan fingerprint density at radius 1 is 1.15 bits per heavy atom. The maximum absolute atomic E-state index is 13.2. The Hall–Kier alpha value is -3.85. The van der Waals surface area contributed by atoms with Gasteiger partial charge in [-0.05, 0) is 54.1 Å². The molecule has 1 N–H and O–H groups in total. The maximum atomic E-state index is 13.2. The molecule has 0 unspecified atom stereocenters. The van der Waals surface area contributed by atoms with Crippen LogP contribution in [-0.2, 0) is 11.3 Å². The zero-order chi connectivity index (χ0) is 19.2. The first-order chi connectivity index (χ1) is 13.1. The third kappa shape index (κ3) is 4.22. The minimum Gasteiger partial charge on any atom is -0.348 e. The van der Waals surface area contributed by atoms with E-state index in [0.717, 1.165) is 16.7 Å². The summed E-state index contributed by atoms with van der Waals surface area (Å²) in [4.78, 5) is 20.3. The number of nitriles is 1. The van der Waals surface area contributed by atoms with Crippen LogP contribution in [0.4, 0.5) is 4.39 Å². The van der Waals surface area contributed by atoms with Crippen molar-refractivity contribution in [3.8, 4) is 28.6 Å². The Kier molecular flexibility index (Phi) is 5.33. The zero-order valence-corrected chi connectivity index (χ0v) is 14.3. The van der Waals surface area contributed by atoms with Gasteiger partial charge in [0, 0.05) is 30.1 Å². The van der Waals surface area contributed by atoms with Gasteiger partial charge in [0.05, 0.1) is 17.0 Å². The summed E-state index contributed by atoms with van der Waals surface area (Å²) in [5.41, 5.74) is 4.02. The highest BCUT2D eigenvalue weighted by Gasteiger charge is 2.11. The molecule has 0 saturated heterocycles. The molecule has 5 nitrogen and oxygen atoms in total. The van der Waals surface area contributed by atoms with Gasteiger partial charge < -0.3 is 5.32 Å². The van der Waals surface area contributed by atoms with E-state index in [2.05, 4.69) is 21.9 Å². The quantitative estimate of drug-likeness (QED) is 0.707. The van der Waals surface area contributed by atoms with E-state index >= 15 is 0 Å². The van der Waals surface area contributed by atoms with Gasteiger partial charge in [-0.2, -0.15) is 5.26 Å². The van der Waals surface area contributed by atoms with Crippen LogP contribution < -0.4 is 5.32 Å². The number of benzene rings is 1. The summed E-state index contributed by atoms with van der Waals surface area (Å²) in [6, 6.07) is 13.3. The molecule has 2 heterocycles. The largest absolute Gasteiger partial charge is 0.348 e. The predicted molar refractivity (Wildman–Crippen MR) is 99.6 cm³/mol. The van der Waals surface area contributed by atoms with Gasteiger partial charge in [-0.15, -0.1) is 0 Å².